The molecule has 176 valence electrons. The van der Waals surface area contributed by atoms with E-state index >= 15 is 0 Å². The average Bonchev–Trinajstić information content (AvgIpc) is 2.86. The zero-order chi connectivity index (χ0) is 23.5. The van der Waals surface area contributed by atoms with Crippen LogP contribution < -0.4 is 16.0 Å². The molecule has 2 aromatic rings. The van der Waals surface area contributed by atoms with Gasteiger partial charge in [-0.05, 0) is 48.9 Å². The molecule has 0 bridgehead atoms. The number of carbonyl (C=O) groups excluding carboxylic acids is 3. The summed E-state index contributed by atoms with van der Waals surface area (Å²) in [4.78, 5) is 38.8. The van der Waals surface area contributed by atoms with Gasteiger partial charge in [-0.2, -0.15) is 0 Å². The molecular formula is C24H30N4O5. The SMILES string of the molecule is COCCCNC(=O)c1cccc(NCC(=O)Nc2ccc(C(=O)N3CCOCC3)cc2)c1. The Morgan fingerprint density at radius 2 is 1.76 bits per heavy atom. The van der Waals surface area contributed by atoms with Crippen molar-refractivity contribution in [3.05, 3.63) is 59.7 Å². The van der Waals surface area contributed by atoms with Crippen LogP contribution in [0.25, 0.3) is 0 Å². The lowest BCUT2D eigenvalue weighted by molar-refractivity contribution is -0.114. The van der Waals surface area contributed by atoms with Gasteiger partial charge in [0.05, 0.1) is 19.8 Å². The molecule has 0 spiro atoms. The number of nitrogens with one attached hydrogen (secondary N) is 3. The Bertz CT molecular complexity index is 942. The minimum Gasteiger partial charge on any atom is -0.385 e. The van der Waals surface area contributed by atoms with E-state index in [1.54, 1.807) is 60.5 Å². The van der Waals surface area contributed by atoms with Crippen molar-refractivity contribution in [2.24, 2.45) is 0 Å². The molecule has 9 nitrogen and oxygen atoms in total. The van der Waals surface area contributed by atoms with Crippen LogP contribution in [0.1, 0.15) is 27.1 Å². The smallest absolute Gasteiger partial charge is 0.254 e. The third-order valence-electron chi connectivity index (χ3n) is 5.10. The first-order valence-corrected chi connectivity index (χ1v) is 10.9. The molecular weight excluding hydrogens is 424 g/mol. The van der Waals surface area contributed by atoms with Crippen LogP contribution >= 0.6 is 0 Å². The van der Waals surface area contributed by atoms with Crippen molar-refractivity contribution in [2.75, 3.05) is 63.7 Å². The van der Waals surface area contributed by atoms with Crippen LogP contribution in [-0.4, -0.2) is 75.7 Å². The summed E-state index contributed by atoms with van der Waals surface area (Å²) >= 11 is 0. The summed E-state index contributed by atoms with van der Waals surface area (Å²) in [7, 11) is 1.62. The molecule has 0 aromatic heterocycles. The third-order valence-corrected chi connectivity index (χ3v) is 5.10. The largest absolute Gasteiger partial charge is 0.385 e. The topological polar surface area (TPSA) is 109 Å². The Morgan fingerprint density at radius 1 is 1.00 bits per heavy atom. The molecule has 3 amide bonds. The number of morpholine rings is 1. The van der Waals surface area contributed by atoms with Crippen LogP contribution in [0.5, 0.6) is 0 Å². The minimum absolute atomic E-state index is 0.0351. The van der Waals surface area contributed by atoms with Crippen LogP contribution in [0.15, 0.2) is 48.5 Å². The van der Waals surface area contributed by atoms with E-state index < -0.39 is 0 Å². The van der Waals surface area contributed by atoms with Gasteiger partial charge in [0.15, 0.2) is 0 Å². The van der Waals surface area contributed by atoms with Gasteiger partial charge in [-0.1, -0.05) is 6.07 Å². The second-order valence-corrected chi connectivity index (χ2v) is 7.57. The monoisotopic (exact) mass is 454 g/mol. The molecule has 0 radical (unpaired) electrons. The summed E-state index contributed by atoms with van der Waals surface area (Å²) in [5.41, 5.74) is 2.36. The van der Waals surface area contributed by atoms with Crippen molar-refractivity contribution in [3.63, 3.8) is 0 Å². The summed E-state index contributed by atoms with van der Waals surface area (Å²) in [5, 5.41) is 8.65. The van der Waals surface area contributed by atoms with Crippen LogP contribution in [-0.2, 0) is 14.3 Å². The predicted molar refractivity (Wildman–Crippen MR) is 126 cm³/mol. The van der Waals surface area contributed by atoms with Crippen LogP contribution in [0.3, 0.4) is 0 Å². The number of carbonyl (C=O) groups is 3. The van der Waals surface area contributed by atoms with E-state index in [1.165, 1.54) is 0 Å². The number of hydrogen-bond donors (Lipinski definition) is 3. The molecule has 9 heteroatoms. The fraction of sp³-hybridized carbons (Fsp3) is 0.375. The van der Waals surface area contributed by atoms with Crippen LogP contribution in [0, 0.1) is 0 Å². The molecule has 0 atom stereocenters. The van der Waals surface area contributed by atoms with Crippen LogP contribution in [0.2, 0.25) is 0 Å². The number of rotatable bonds is 10. The van der Waals surface area contributed by atoms with Crippen molar-refractivity contribution in [1.29, 1.82) is 0 Å². The Morgan fingerprint density at radius 3 is 2.48 bits per heavy atom. The summed E-state index contributed by atoms with van der Waals surface area (Å²) in [5.74, 6) is -0.456. The van der Waals surface area contributed by atoms with Crippen molar-refractivity contribution in [3.8, 4) is 0 Å². The number of ether oxygens (including phenoxy) is 2. The second kappa shape index (κ2) is 12.6. The maximum atomic E-state index is 12.5. The molecule has 3 rings (SSSR count). The molecule has 1 aliphatic heterocycles. The number of nitrogens with zero attached hydrogens (tertiary/aromatic N) is 1. The average molecular weight is 455 g/mol. The molecule has 0 aliphatic carbocycles. The zero-order valence-electron chi connectivity index (χ0n) is 18.8. The Labute approximate surface area is 193 Å². The summed E-state index contributed by atoms with van der Waals surface area (Å²) in [6.45, 7) is 3.42. The second-order valence-electron chi connectivity index (χ2n) is 7.57. The van der Waals surface area contributed by atoms with Gasteiger partial charge < -0.3 is 30.3 Å². The van der Waals surface area contributed by atoms with Gasteiger partial charge >= 0.3 is 0 Å². The lowest BCUT2D eigenvalue weighted by atomic mass is 10.1. The molecule has 1 heterocycles. The van der Waals surface area contributed by atoms with Gasteiger partial charge in [0.25, 0.3) is 11.8 Å². The van der Waals surface area contributed by atoms with E-state index in [4.69, 9.17) is 9.47 Å². The van der Waals surface area contributed by atoms with Crippen molar-refractivity contribution >= 4 is 29.1 Å². The highest BCUT2D eigenvalue weighted by molar-refractivity contribution is 5.97. The summed E-state index contributed by atoms with van der Waals surface area (Å²) < 4.78 is 10.2. The number of anilines is 2. The van der Waals surface area contributed by atoms with Crippen molar-refractivity contribution < 1.29 is 23.9 Å². The summed E-state index contributed by atoms with van der Waals surface area (Å²) in [6, 6.07) is 13.8. The summed E-state index contributed by atoms with van der Waals surface area (Å²) in [6.07, 6.45) is 0.739. The van der Waals surface area contributed by atoms with E-state index in [-0.39, 0.29) is 24.3 Å². The molecule has 0 saturated carbocycles. The third kappa shape index (κ3) is 7.58. The normalized spacial score (nSPS) is 13.3. The molecule has 1 aliphatic rings. The number of amides is 3. The van der Waals surface area contributed by atoms with Gasteiger partial charge in [-0.15, -0.1) is 0 Å². The lowest BCUT2D eigenvalue weighted by Crippen LogP contribution is -2.40. The van der Waals surface area contributed by atoms with Gasteiger partial charge in [-0.3, -0.25) is 14.4 Å². The van der Waals surface area contributed by atoms with Gasteiger partial charge in [0.1, 0.15) is 0 Å². The van der Waals surface area contributed by atoms with E-state index in [0.29, 0.717) is 62.0 Å². The van der Waals surface area contributed by atoms with E-state index in [0.717, 1.165) is 6.42 Å². The fourth-order valence-electron chi connectivity index (χ4n) is 3.32. The highest BCUT2D eigenvalue weighted by Crippen LogP contribution is 2.14. The Balaban J connectivity index is 1.46. The molecule has 0 unspecified atom stereocenters. The van der Waals surface area contributed by atoms with Gasteiger partial charge in [0, 0.05) is 55.9 Å². The van der Waals surface area contributed by atoms with Crippen molar-refractivity contribution in [1.82, 2.24) is 10.2 Å². The number of benzene rings is 2. The lowest BCUT2D eigenvalue weighted by Gasteiger charge is -2.26. The maximum absolute atomic E-state index is 12.5. The standard InChI is InChI=1S/C24H30N4O5/c1-32-13-3-10-25-23(30)19-4-2-5-21(16-19)26-17-22(29)27-20-8-6-18(7-9-20)24(31)28-11-14-33-15-12-28/h2,4-9,16,26H,3,10-15,17H2,1H3,(H,25,30)(H,27,29). The Kier molecular flexibility index (Phi) is 9.22. The number of methoxy groups -OCH3 is 1. The Hall–Kier alpha value is -3.43. The quantitative estimate of drug-likeness (QED) is 0.474. The molecule has 1 fully saturated rings. The maximum Gasteiger partial charge on any atom is 0.254 e. The van der Waals surface area contributed by atoms with Gasteiger partial charge in [0.2, 0.25) is 5.91 Å². The van der Waals surface area contributed by atoms with E-state index in [2.05, 4.69) is 16.0 Å². The minimum atomic E-state index is -0.239. The molecule has 3 N–H and O–H groups in total. The first-order valence-electron chi connectivity index (χ1n) is 10.9. The van der Waals surface area contributed by atoms with Crippen molar-refractivity contribution in [2.45, 2.75) is 6.42 Å². The molecule has 1 saturated heterocycles. The zero-order valence-corrected chi connectivity index (χ0v) is 18.8. The highest BCUT2D eigenvalue weighted by Gasteiger charge is 2.18. The number of hydrogen-bond acceptors (Lipinski definition) is 6. The fourth-order valence-corrected chi connectivity index (χ4v) is 3.32. The van der Waals surface area contributed by atoms with E-state index in [9.17, 15) is 14.4 Å². The predicted octanol–water partition coefficient (Wildman–Crippen LogP) is 1.98. The first-order chi connectivity index (χ1) is 16.1. The van der Waals surface area contributed by atoms with Crippen LogP contribution in [0.4, 0.5) is 11.4 Å². The van der Waals surface area contributed by atoms with Gasteiger partial charge in [-0.25, -0.2) is 0 Å². The molecule has 33 heavy (non-hydrogen) atoms. The molecule has 2 aromatic carbocycles. The first kappa shape index (κ1) is 24.2. The highest BCUT2D eigenvalue weighted by atomic mass is 16.5. The van der Waals surface area contributed by atoms with E-state index in [1.807, 2.05) is 0 Å².